The maximum absolute atomic E-state index is 5.92. The fourth-order valence-electron chi connectivity index (χ4n) is 3.19. The number of nitrogens with zero attached hydrogens (tertiary/aromatic N) is 5. The molecule has 152 valence electrons. The van der Waals surface area contributed by atoms with Crippen molar-refractivity contribution in [3.63, 3.8) is 0 Å². The molecular weight excluding hydrogens is 378 g/mol. The Labute approximate surface area is 175 Å². The number of benzene rings is 2. The molecule has 0 amide bonds. The molecule has 4 aromatic rings. The van der Waals surface area contributed by atoms with Gasteiger partial charge in [0.2, 0.25) is 5.95 Å². The highest BCUT2D eigenvalue weighted by molar-refractivity contribution is 5.41. The summed E-state index contributed by atoms with van der Waals surface area (Å²) in [5.74, 6) is 2.15. The van der Waals surface area contributed by atoms with E-state index in [-0.39, 0.29) is 5.41 Å². The molecule has 0 aliphatic heterocycles. The highest BCUT2D eigenvalue weighted by Crippen LogP contribution is 2.33. The van der Waals surface area contributed by atoms with Gasteiger partial charge in [-0.25, -0.2) is 9.97 Å². The van der Waals surface area contributed by atoms with Crippen molar-refractivity contribution in [2.24, 2.45) is 0 Å². The van der Waals surface area contributed by atoms with E-state index in [1.807, 2.05) is 30.3 Å². The Balaban J connectivity index is 1.44. The molecule has 7 nitrogen and oxygen atoms in total. The first kappa shape index (κ1) is 19.6. The van der Waals surface area contributed by atoms with Gasteiger partial charge in [0.15, 0.2) is 0 Å². The molecule has 0 N–H and O–H groups in total. The van der Waals surface area contributed by atoms with E-state index < -0.39 is 0 Å². The minimum Gasteiger partial charge on any atom is -0.497 e. The van der Waals surface area contributed by atoms with E-state index in [1.54, 1.807) is 30.5 Å². The monoisotopic (exact) mass is 401 g/mol. The van der Waals surface area contributed by atoms with Gasteiger partial charge in [-0.15, -0.1) is 10.2 Å². The molecule has 4 rings (SSSR count). The molecule has 0 fully saturated rings. The standard InChI is InChI=1S/C23H23N5O2/c1-23(2,17-4-8-20(29-3)9-5-17)18-6-10-21(11-7-18)30-14-19-12-13-24-22(27-19)28-15-25-26-16-28/h4-13,15-16H,14H2,1-3H3. The van der Waals surface area contributed by atoms with Gasteiger partial charge in [-0.1, -0.05) is 38.1 Å². The number of hydrogen-bond donors (Lipinski definition) is 0. The van der Waals surface area contributed by atoms with Crippen LogP contribution in [0.15, 0.2) is 73.4 Å². The van der Waals surface area contributed by atoms with Gasteiger partial charge in [-0.2, -0.15) is 0 Å². The number of methoxy groups -OCH3 is 1. The van der Waals surface area contributed by atoms with Crippen LogP contribution in [-0.2, 0) is 12.0 Å². The van der Waals surface area contributed by atoms with Crippen LogP contribution in [-0.4, -0.2) is 31.8 Å². The number of rotatable bonds is 7. The first-order valence-corrected chi connectivity index (χ1v) is 9.61. The van der Waals surface area contributed by atoms with Crippen LogP contribution in [0.25, 0.3) is 5.95 Å². The lowest BCUT2D eigenvalue weighted by Crippen LogP contribution is -2.18. The van der Waals surface area contributed by atoms with E-state index in [1.165, 1.54) is 11.1 Å². The van der Waals surface area contributed by atoms with E-state index in [9.17, 15) is 0 Å². The Kier molecular flexibility index (Phi) is 5.43. The molecule has 0 bridgehead atoms. The normalized spacial score (nSPS) is 11.3. The third-order valence-electron chi connectivity index (χ3n) is 5.12. The van der Waals surface area contributed by atoms with Crippen LogP contribution in [0.4, 0.5) is 0 Å². The Morgan fingerprint density at radius 2 is 1.43 bits per heavy atom. The van der Waals surface area contributed by atoms with Crippen molar-refractivity contribution in [1.82, 2.24) is 24.7 Å². The van der Waals surface area contributed by atoms with Crippen molar-refractivity contribution in [3.8, 4) is 17.4 Å². The van der Waals surface area contributed by atoms with Crippen LogP contribution in [0, 0.1) is 0 Å². The maximum atomic E-state index is 5.92. The Morgan fingerprint density at radius 3 is 2.03 bits per heavy atom. The predicted octanol–water partition coefficient (Wildman–Crippen LogP) is 3.97. The molecule has 7 heteroatoms. The summed E-state index contributed by atoms with van der Waals surface area (Å²) < 4.78 is 12.8. The van der Waals surface area contributed by atoms with Crippen LogP contribution in [0.3, 0.4) is 0 Å². The van der Waals surface area contributed by atoms with Gasteiger partial charge in [0, 0.05) is 11.6 Å². The second-order valence-corrected chi connectivity index (χ2v) is 7.38. The van der Waals surface area contributed by atoms with Gasteiger partial charge in [0.1, 0.15) is 30.8 Å². The zero-order valence-corrected chi connectivity index (χ0v) is 17.2. The second kappa shape index (κ2) is 8.32. The summed E-state index contributed by atoms with van der Waals surface area (Å²) in [6.45, 7) is 4.76. The summed E-state index contributed by atoms with van der Waals surface area (Å²) >= 11 is 0. The zero-order chi connectivity index (χ0) is 21.0. The molecule has 0 aliphatic rings. The van der Waals surface area contributed by atoms with Gasteiger partial charge >= 0.3 is 0 Å². The topological polar surface area (TPSA) is 75.0 Å². The van der Waals surface area contributed by atoms with Crippen molar-refractivity contribution in [2.75, 3.05) is 7.11 Å². The van der Waals surface area contributed by atoms with Gasteiger partial charge in [0.25, 0.3) is 0 Å². The average molecular weight is 401 g/mol. The summed E-state index contributed by atoms with van der Waals surface area (Å²) in [4.78, 5) is 8.70. The van der Waals surface area contributed by atoms with Crippen molar-refractivity contribution in [3.05, 3.63) is 90.3 Å². The highest BCUT2D eigenvalue weighted by atomic mass is 16.5. The largest absolute Gasteiger partial charge is 0.497 e. The van der Waals surface area contributed by atoms with Crippen LogP contribution in [0.1, 0.15) is 30.7 Å². The fraction of sp³-hybridized carbons (Fsp3) is 0.217. The zero-order valence-electron chi connectivity index (χ0n) is 17.2. The van der Waals surface area contributed by atoms with Gasteiger partial charge in [0.05, 0.1) is 12.8 Å². The van der Waals surface area contributed by atoms with Crippen LogP contribution in [0.2, 0.25) is 0 Å². The van der Waals surface area contributed by atoms with Gasteiger partial charge in [-0.3, -0.25) is 4.57 Å². The van der Waals surface area contributed by atoms with Crippen molar-refractivity contribution < 1.29 is 9.47 Å². The van der Waals surface area contributed by atoms with Crippen LogP contribution in [0.5, 0.6) is 11.5 Å². The van der Waals surface area contributed by atoms with E-state index >= 15 is 0 Å². The van der Waals surface area contributed by atoms with Crippen molar-refractivity contribution >= 4 is 0 Å². The van der Waals surface area contributed by atoms with Gasteiger partial charge < -0.3 is 9.47 Å². The van der Waals surface area contributed by atoms with Crippen LogP contribution < -0.4 is 9.47 Å². The SMILES string of the molecule is COc1ccc(C(C)(C)c2ccc(OCc3ccnc(-n4cnnc4)n3)cc2)cc1. The Hall–Kier alpha value is -3.74. The fourth-order valence-corrected chi connectivity index (χ4v) is 3.19. The molecule has 2 heterocycles. The summed E-state index contributed by atoms with van der Waals surface area (Å²) in [6, 6.07) is 18.2. The van der Waals surface area contributed by atoms with Crippen LogP contribution >= 0.6 is 0 Å². The molecule has 0 saturated carbocycles. The lowest BCUT2D eigenvalue weighted by atomic mass is 9.78. The van der Waals surface area contributed by atoms with E-state index in [0.717, 1.165) is 17.2 Å². The molecule has 2 aromatic heterocycles. The highest BCUT2D eigenvalue weighted by Gasteiger charge is 2.23. The summed E-state index contributed by atoms with van der Waals surface area (Å²) in [6.07, 6.45) is 4.81. The molecule has 0 aliphatic carbocycles. The molecule has 2 aromatic carbocycles. The quantitative estimate of drug-likeness (QED) is 0.466. The van der Waals surface area contributed by atoms with E-state index in [2.05, 4.69) is 58.3 Å². The van der Waals surface area contributed by atoms with E-state index in [4.69, 9.17) is 9.47 Å². The van der Waals surface area contributed by atoms with E-state index in [0.29, 0.717) is 12.6 Å². The molecule has 0 atom stereocenters. The molecule has 0 unspecified atom stereocenters. The molecular formula is C23H23N5O2. The molecule has 0 spiro atoms. The van der Waals surface area contributed by atoms with Gasteiger partial charge in [-0.05, 0) is 41.5 Å². The third-order valence-corrected chi connectivity index (χ3v) is 5.12. The predicted molar refractivity (Wildman–Crippen MR) is 113 cm³/mol. The molecule has 0 radical (unpaired) electrons. The Bertz CT molecular complexity index is 1090. The third kappa shape index (κ3) is 4.15. The molecule has 0 saturated heterocycles. The minimum absolute atomic E-state index is 0.134. The minimum atomic E-state index is -0.134. The van der Waals surface area contributed by atoms with Crippen molar-refractivity contribution in [1.29, 1.82) is 0 Å². The number of hydrogen-bond acceptors (Lipinski definition) is 6. The lowest BCUT2D eigenvalue weighted by Gasteiger charge is -2.26. The maximum Gasteiger partial charge on any atom is 0.236 e. The first-order valence-electron chi connectivity index (χ1n) is 9.61. The smallest absolute Gasteiger partial charge is 0.236 e. The van der Waals surface area contributed by atoms with Crippen molar-refractivity contribution in [2.45, 2.75) is 25.9 Å². The number of aromatic nitrogens is 5. The summed E-state index contributed by atoms with van der Waals surface area (Å²) in [5.41, 5.74) is 3.07. The number of ether oxygens (including phenoxy) is 2. The summed E-state index contributed by atoms with van der Waals surface area (Å²) in [7, 11) is 1.68. The Morgan fingerprint density at radius 1 is 0.833 bits per heavy atom. The second-order valence-electron chi connectivity index (χ2n) is 7.38. The first-order chi connectivity index (χ1) is 14.6. The summed E-state index contributed by atoms with van der Waals surface area (Å²) in [5, 5.41) is 7.55. The lowest BCUT2D eigenvalue weighted by molar-refractivity contribution is 0.300. The molecule has 30 heavy (non-hydrogen) atoms. The average Bonchev–Trinajstić information content (AvgIpc) is 3.33.